The Labute approximate surface area is 331 Å². The first kappa shape index (κ1) is 33.1. The first-order chi connectivity index (χ1) is 28.1. The van der Waals surface area contributed by atoms with Gasteiger partial charge in [0.2, 0.25) is 0 Å². The summed E-state index contributed by atoms with van der Waals surface area (Å²) in [5.41, 5.74) is 14.9. The molecule has 11 rings (SSSR count). The van der Waals surface area contributed by atoms with Crippen molar-refractivity contribution < 1.29 is 0 Å². The van der Waals surface area contributed by atoms with Gasteiger partial charge < -0.3 is 4.57 Å². The van der Waals surface area contributed by atoms with Gasteiger partial charge in [0.25, 0.3) is 0 Å². The summed E-state index contributed by atoms with van der Waals surface area (Å²) in [5.74, 6) is 0. The molecular formula is C55H38N2. The van der Waals surface area contributed by atoms with Crippen LogP contribution in [0.4, 0.5) is 0 Å². The summed E-state index contributed by atoms with van der Waals surface area (Å²) in [5, 5.41) is 10.0. The van der Waals surface area contributed by atoms with E-state index in [4.69, 9.17) is 4.98 Å². The Kier molecular flexibility index (Phi) is 7.65. The molecule has 0 saturated heterocycles. The Balaban J connectivity index is 1.27. The van der Waals surface area contributed by atoms with E-state index in [9.17, 15) is 0 Å². The molecule has 2 heteroatoms. The van der Waals surface area contributed by atoms with Gasteiger partial charge in [-0.15, -0.1) is 0 Å². The van der Waals surface area contributed by atoms with Gasteiger partial charge in [-0.2, -0.15) is 0 Å². The predicted octanol–water partition coefficient (Wildman–Crippen LogP) is 14.9. The third kappa shape index (κ3) is 5.60. The number of pyridine rings is 1. The van der Waals surface area contributed by atoms with Gasteiger partial charge in [-0.1, -0.05) is 163 Å². The van der Waals surface area contributed by atoms with Crippen LogP contribution >= 0.6 is 0 Å². The molecule has 0 fully saturated rings. The van der Waals surface area contributed by atoms with Crippen LogP contribution in [0.2, 0.25) is 0 Å². The number of rotatable bonds is 5. The average molecular weight is 727 g/mol. The molecule has 0 aliphatic carbocycles. The molecule has 0 bridgehead atoms. The lowest BCUT2D eigenvalue weighted by molar-refractivity contribution is 1.16. The molecule has 0 N–H and O–H groups in total. The molecule has 0 atom stereocenters. The van der Waals surface area contributed by atoms with Gasteiger partial charge in [0.15, 0.2) is 0 Å². The molecule has 9 aromatic carbocycles. The summed E-state index contributed by atoms with van der Waals surface area (Å²) < 4.78 is 2.46. The van der Waals surface area contributed by atoms with Crippen molar-refractivity contribution in [2.24, 2.45) is 0 Å². The van der Waals surface area contributed by atoms with Crippen LogP contribution in [-0.2, 0) is 0 Å². The van der Waals surface area contributed by atoms with E-state index in [-0.39, 0.29) is 0 Å². The highest BCUT2D eigenvalue weighted by Crippen LogP contribution is 2.43. The molecule has 57 heavy (non-hydrogen) atoms. The van der Waals surface area contributed by atoms with Crippen molar-refractivity contribution >= 4 is 54.1 Å². The van der Waals surface area contributed by atoms with Crippen LogP contribution in [0.3, 0.4) is 0 Å². The van der Waals surface area contributed by atoms with Gasteiger partial charge in [0.1, 0.15) is 0 Å². The first-order valence-corrected chi connectivity index (χ1v) is 19.7. The predicted molar refractivity (Wildman–Crippen MR) is 242 cm³/mol. The molecular weight excluding hydrogens is 689 g/mol. The highest BCUT2D eigenvalue weighted by molar-refractivity contribution is 6.29. The van der Waals surface area contributed by atoms with Crippen molar-refractivity contribution in [1.82, 2.24) is 9.55 Å². The lowest BCUT2D eigenvalue weighted by atomic mass is 9.91. The largest absolute Gasteiger partial charge is 0.309 e. The molecule has 0 aliphatic heterocycles. The molecule has 0 amide bonds. The summed E-state index contributed by atoms with van der Waals surface area (Å²) in [6, 6.07) is 71.1. The van der Waals surface area contributed by atoms with E-state index in [1.165, 1.54) is 82.0 Å². The van der Waals surface area contributed by atoms with Crippen molar-refractivity contribution in [1.29, 1.82) is 0 Å². The normalized spacial score (nSPS) is 11.7. The van der Waals surface area contributed by atoms with Crippen LogP contribution in [0.5, 0.6) is 0 Å². The van der Waals surface area contributed by atoms with E-state index in [1.54, 1.807) is 0 Å². The van der Waals surface area contributed by atoms with Crippen LogP contribution in [-0.4, -0.2) is 9.55 Å². The number of aromatic nitrogens is 2. The fourth-order valence-electron chi connectivity index (χ4n) is 8.75. The third-order valence-electron chi connectivity index (χ3n) is 11.7. The van der Waals surface area contributed by atoms with Crippen molar-refractivity contribution in [2.45, 2.75) is 13.8 Å². The van der Waals surface area contributed by atoms with E-state index in [2.05, 4.69) is 213 Å². The minimum Gasteiger partial charge on any atom is -0.309 e. The summed E-state index contributed by atoms with van der Waals surface area (Å²) in [4.78, 5) is 5.25. The second-order valence-corrected chi connectivity index (χ2v) is 15.3. The lowest BCUT2D eigenvalue weighted by Crippen LogP contribution is -1.98. The van der Waals surface area contributed by atoms with E-state index >= 15 is 0 Å². The monoisotopic (exact) mass is 726 g/mol. The smallest absolute Gasteiger partial charge is 0.0730 e. The minimum atomic E-state index is 0.944. The van der Waals surface area contributed by atoms with Crippen LogP contribution in [0.15, 0.2) is 194 Å². The molecule has 0 unspecified atom stereocenters. The van der Waals surface area contributed by atoms with Gasteiger partial charge in [-0.05, 0) is 111 Å². The number of hydrogen-bond acceptors (Lipinski definition) is 1. The van der Waals surface area contributed by atoms with Crippen molar-refractivity contribution in [3.8, 4) is 50.5 Å². The quantitative estimate of drug-likeness (QED) is 0.162. The number of nitrogens with zero attached hydrogens (tertiary/aromatic N) is 2. The molecule has 268 valence electrons. The Hall–Kier alpha value is -7.29. The molecule has 11 aromatic rings. The van der Waals surface area contributed by atoms with Crippen LogP contribution in [0.1, 0.15) is 11.1 Å². The molecule has 2 aromatic heterocycles. The zero-order valence-corrected chi connectivity index (χ0v) is 31.9. The fraction of sp³-hybridized carbons (Fsp3) is 0.0364. The maximum Gasteiger partial charge on any atom is 0.0730 e. The molecule has 2 nitrogen and oxygen atoms in total. The Morgan fingerprint density at radius 1 is 0.298 bits per heavy atom. The average Bonchev–Trinajstić information content (AvgIpc) is 3.59. The van der Waals surface area contributed by atoms with E-state index < -0.39 is 0 Å². The van der Waals surface area contributed by atoms with Gasteiger partial charge in [-0.25, -0.2) is 4.98 Å². The van der Waals surface area contributed by atoms with Crippen molar-refractivity contribution in [3.05, 3.63) is 205 Å². The second-order valence-electron chi connectivity index (χ2n) is 15.3. The van der Waals surface area contributed by atoms with Crippen molar-refractivity contribution in [2.75, 3.05) is 0 Å². The number of fused-ring (bicyclic) bond motifs is 9. The first-order valence-electron chi connectivity index (χ1n) is 19.7. The van der Waals surface area contributed by atoms with E-state index in [0.29, 0.717) is 0 Å². The summed E-state index contributed by atoms with van der Waals surface area (Å²) >= 11 is 0. The van der Waals surface area contributed by atoms with Gasteiger partial charge in [-0.3, -0.25) is 0 Å². The maximum absolute atomic E-state index is 5.25. The second kappa shape index (κ2) is 13.2. The minimum absolute atomic E-state index is 0.944. The Morgan fingerprint density at radius 2 is 0.737 bits per heavy atom. The maximum atomic E-state index is 5.25. The van der Waals surface area contributed by atoms with Gasteiger partial charge >= 0.3 is 0 Å². The lowest BCUT2D eigenvalue weighted by Gasteiger charge is -2.15. The SMILES string of the molecule is Cc1ccc(-c2ccc3c4ccccc4c4cc5c(cc4c3c2)c2cc(-c3ccc(C)cc3)ccc2n5-c2cc(-c3ccccc3)nc(-c3ccccc3)c2)cc1. The van der Waals surface area contributed by atoms with E-state index in [0.717, 1.165) is 33.7 Å². The number of hydrogen-bond donors (Lipinski definition) is 0. The summed E-state index contributed by atoms with van der Waals surface area (Å²) in [7, 11) is 0. The standard InChI is InChI=1S/C55H38N2/c1-35-17-21-37(22-18-35)41-25-27-46-44-15-9-10-16-45(44)49-34-55-51(33-48(49)47(46)29-41)50-30-42(38-23-19-36(2)20-24-38)26-28-54(50)57(55)43-31-52(39-11-5-3-6-12-39)56-53(32-43)40-13-7-4-8-14-40/h3-34H,1-2H3. The topological polar surface area (TPSA) is 17.8 Å². The van der Waals surface area contributed by atoms with Crippen LogP contribution in [0.25, 0.3) is 105 Å². The fourth-order valence-corrected chi connectivity index (χ4v) is 8.75. The molecule has 0 aliphatic rings. The molecule has 0 spiro atoms. The Bertz CT molecular complexity index is 3260. The summed E-state index contributed by atoms with van der Waals surface area (Å²) in [6.07, 6.45) is 0. The summed E-state index contributed by atoms with van der Waals surface area (Å²) in [6.45, 7) is 4.29. The van der Waals surface area contributed by atoms with Crippen molar-refractivity contribution in [3.63, 3.8) is 0 Å². The zero-order chi connectivity index (χ0) is 38.0. The highest BCUT2D eigenvalue weighted by atomic mass is 15.0. The Morgan fingerprint density at radius 3 is 1.33 bits per heavy atom. The van der Waals surface area contributed by atoms with E-state index in [1.807, 2.05) is 0 Å². The molecule has 0 radical (unpaired) electrons. The van der Waals surface area contributed by atoms with Crippen LogP contribution < -0.4 is 0 Å². The highest BCUT2D eigenvalue weighted by Gasteiger charge is 2.19. The third-order valence-corrected chi connectivity index (χ3v) is 11.7. The van der Waals surface area contributed by atoms with Gasteiger partial charge in [0, 0.05) is 21.9 Å². The van der Waals surface area contributed by atoms with Crippen LogP contribution in [0, 0.1) is 13.8 Å². The molecule has 0 saturated carbocycles. The number of benzene rings is 9. The molecule has 2 heterocycles. The number of aryl methyl sites for hydroxylation is 2. The van der Waals surface area contributed by atoms with Gasteiger partial charge in [0.05, 0.1) is 28.1 Å². The zero-order valence-electron chi connectivity index (χ0n) is 31.9.